The van der Waals surface area contributed by atoms with Gasteiger partial charge in [-0.15, -0.1) is 11.3 Å². The first-order valence-electron chi connectivity index (χ1n) is 8.03. The van der Waals surface area contributed by atoms with Crippen LogP contribution in [0.4, 0.5) is 0 Å². The topological polar surface area (TPSA) is 41.5 Å². The van der Waals surface area contributed by atoms with Crippen molar-refractivity contribution in [3.05, 3.63) is 22.4 Å². The zero-order chi connectivity index (χ0) is 15.7. The van der Waals surface area contributed by atoms with Crippen LogP contribution in [0.25, 0.3) is 0 Å². The fourth-order valence-electron chi connectivity index (χ4n) is 2.27. The Balaban J connectivity index is 2.20. The van der Waals surface area contributed by atoms with Gasteiger partial charge in [-0.3, -0.25) is 0 Å². The summed E-state index contributed by atoms with van der Waals surface area (Å²) in [6.45, 7) is 10.6. The van der Waals surface area contributed by atoms with E-state index in [0.717, 1.165) is 18.9 Å². The monoisotopic (exact) mass is 313 g/mol. The van der Waals surface area contributed by atoms with Crippen molar-refractivity contribution in [1.82, 2.24) is 5.32 Å². The third-order valence-corrected chi connectivity index (χ3v) is 4.43. The first-order valence-corrected chi connectivity index (χ1v) is 8.91. The molecular weight excluding hydrogens is 282 g/mol. The normalized spacial score (nSPS) is 14.8. The molecule has 1 heterocycles. The van der Waals surface area contributed by atoms with Crippen molar-refractivity contribution in [2.45, 2.75) is 52.7 Å². The van der Waals surface area contributed by atoms with Crippen LogP contribution in [-0.4, -0.2) is 31.0 Å². The minimum Gasteiger partial charge on any atom is -0.389 e. The Hall–Kier alpha value is -0.420. The first kappa shape index (κ1) is 18.6. The van der Waals surface area contributed by atoms with Crippen LogP contribution in [0.2, 0.25) is 0 Å². The number of hydrogen-bond donors (Lipinski definition) is 2. The molecular formula is C17H31NO2S. The van der Waals surface area contributed by atoms with Gasteiger partial charge in [0.15, 0.2) is 0 Å². The molecule has 2 atom stereocenters. The van der Waals surface area contributed by atoms with Crippen LogP contribution in [-0.2, 0) is 4.74 Å². The smallest absolute Gasteiger partial charge is 0.0897 e. The van der Waals surface area contributed by atoms with Crippen LogP contribution in [0.1, 0.15) is 51.5 Å². The number of hydrogen-bond acceptors (Lipinski definition) is 4. The Morgan fingerprint density at radius 3 is 2.62 bits per heavy atom. The highest BCUT2D eigenvalue weighted by Gasteiger charge is 2.17. The predicted molar refractivity (Wildman–Crippen MR) is 90.8 cm³/mol. The maximum Gasteiger partial charge on any atom is 0.0897 e. The van der Waals surface area contributed by atoms with Gasteiger partial charge in [-0.25, -0.2) is 0 Å². The van der Waals surface area contributed by atoms with Gasteiger partial charge in [0, 0.05) is 24.1 Å². The SMILES string of the molecule is CC(C)CCCOCC(O)CNC(c1cccs1)C(C)C. The molecule has 3 nitrogen and oxygen atoms in total. The van der Waals surface area contributed by atoms with Crippen LogP contribution < -0.4 is 5.32 Å². The van der Waals surface area contributed by atoms with Crippen LogP contribution in [0, 0.1) is 11.8 Å². The van der Waals surface area contributed by atoms with Crippen molar-refractivity contribution in [2.75, 3.05) is 19.8 Å². The average Bonchev–Trinajstić information content (AvgIpc) is 2.91. The fourth-order valence-corrected chi connectivity index (χ4v) is 3.24. The maximum atomic E-state index is 10.0. The maximum absolute atomic E-state index is 10.0. The van der Waals surface area contributed by atoms with Crippen LogP contribution in [0.3, 0.4) is 0 Å². The van der Waals surface area contributed by atoms with E-state index < -0.39 is 6.10 Å². The molecule has 21 heavy (non-hydrogen) atoms. The highest BCUT2D eigenvalue weighted by molar-refractivity contribution is 7.10. The molecule has 2 N–H and O–H groups in total. The summed E-state index contributed by atoms with van der Waals surface area (Å²) in [7, 11) is 0. The van der Waals surface area contributed by atoms with Crippen molar-refractivity contribution in [1.29, 1.82) is 0 Å². The van der Waals surface area contributed by atoms with Crippen LogP contribution >= 0.6 is 11.3 Å². The van der Waals surface area contributed by atoms with Gasteiger partial charge in [-0.2, -0.15) is 0 Å². The van der Waals surface area contributed by atoms with Gasteiger partial charge in [0.1, 0.15) is 0 Å². The second kappa shape index (κ2) is 10.3. The largest absolute Gasteiger partial charge is 0.389 e. The average molecular weight is 314 g/mol. The summed E-state index contributed by atoms with van der Waals surface area (Å²) in [5.41, 5.74) is 0. The number of aliphatic hydroxyl groups excluding tert-OH is 1. The first-order chi connectivity index (χ1) is 10.0. The molecule has 1 aromatic heterocycles. The second-order valence-electron chi connectivity index (χ2n) is 6.41. The quantitative estimate of drug-likeness (QED) is 0.610. The van der Waals surface area contributed by atoms with E-state index in [1.165, 1.54) is 11.3 Å². The van der Waals surface area contributed by atoms with Gasteiger partial charge in [-0.05, 0) is 36.1 Å². The minimum atomic E-state index is -0.440. The highest BCUT2D eigenvalue weighted by Crippen LogP contribution is 2.25. The van der Waals surface area contributed by atoms with E-state index in [9.17, 15) is 5.11 Å². The molecule has 2 unspecified atom stereocenters. The van der Waals surface area contributed by atoms with E-state index in [-0.39, 0.29) is 0 Å². The molecule has 4 heteroatoms. The Bertz CT molecular complexity index is 352. The summed E-state index contributed by atoms with van der Waals surface area (Å²) in [6.07, 6.45) is 1.81. The zero-order valence-electron chi connectivity index (χ0n) is 13.8. The molecule has 0 aromatic carbocycles. The standard InChI is InChI=1S/C17H31NO2S/c1-13(2)7-5-9-20-12-15(19)11-18-17(14(3)4)16-8-6-10-21-16/h6,8,10,13-15,17-19H,5,7,9,11-12H2,1-4H3. The van der Waals surface area contributed by atoms with Crippen molar-refractivity contribution in [3.63, 3.8) is 0 Å². The molecule has 0 aliphatic heterocycles. The van der Waals surface area contributed by atoms with E-state index in [1.807, 2.05) is 0 Å². The molecule has 122 valence electrons. The lowest BCUT2D eigenvalue weighted by molar-refractivity contribution is 0.0327. The summed E-state index contributed by atoms with van der Waals surface area (Å²) < 4.78 is 5.54. The van der Waals surface area contributed by atoms with E-state index in [0.29, 0.717) is 25.1 Å². The zero-order valence-corrected chi connectivity index (χ0v) is 14.7. The Morgan fingerprint density at radius 2 is 2.05 bits per heavy atom. The highest BCUT2D eigenvalue weighted by atomic mass is 32.1. The lowest BCUT2D eigenvalue weighted by Gasteiger charge is -2.23. The van der Waals surface area contributed by atoms with Gasteiger partial charge in [0.25, 0.3) is 0 Å². The molecule has 0 radical (unpaired) electrons. The number of ether oxygens (including phenoxy) is 1. The molecule has 1 rings (SSSR count). The Labute approximate surface area is 133 Å². The molecule has 0 saturated heterocycles. The van der Waals surface area contributed by atoms with Crippen molar-refractivity contribution in [3.8, 4) is 0 Å². The molecule has 0 bridgehead atoms. The van der Waals surface area contributed by atoms with Crippen molar-refractivity contribution < 1.29 is 9.84 Å². The molecule has 0 saturated carbocycles. The summed E-state index contributed by atoms with van der Waals surface area (Å²) in [5.74, 6) is 1.22. The van der Waals surface area contributed by atoms with Crippen molar-refractivity contribution >= 4 is 11.3 Å². The van der Waals surface area contributed by atoms with E-state index in [4.69, 9.17) is 4.74 Å². The lowest BCUT2D eigenvalue weighted by Crippen LogP contribution is -2.35. The van der Waals surface area contributed by atoms with Crippen LogP contribution in [0.15, 0.2) is 17.5 Å². The molecule has 0 aliphatic rings. The Kier molecular flexibility index (Phi) is 9.16. The fraction of sp³-hybridized carbons (Fsp3) is 0.765. The third-order valence-electron chi connectivity index (χ3n) is 3.47. The Morgan fingerprint density at radius 1 is 1.29 bits per heavy atom. The van der Waals surface area contributed by atoms with Gasteiger partial charge in [0.05, 0.1) is 12.7 Å². The van der Waals surface area contributed by atoms with E-state index >= 15 is 0 Å². The predicted octanol–water partition coefficient (Wildman–Crippen LogP) is 3.85. The molecule has 0 spiro atoms. The van der Waals surface area contributed by atoms with Gasteiger partial charge in [-0.1, -0.05) is 33.8 Å². The van der Waals surface area contributed by atoms with Crippen LogP contribution in [0.5, 0.6) is 0 Å². The summed E-state index contributed by atoms with van der Waals surface area (Å²) in [5, 5.41) is 15.6. The summed E-state index contributed by atoms with van der Waals surface area (Å²) in [6, 6.07) is 4.53. The third kappa shape index (κ3) is 7.96. The molecule has 0 amide bonds. The summed E-state index contributed by atoms with van der Waals surface area (Å²) in [4.78, 5) is 1.33. The number of thiophene rings is 1. The van der Waals surface area contributed by atoms with Gasteiger partial charge >= 0.3 is 0 Å². The van der Waals surface area contributed by atoms with Gasteiger partial charge < -0.3 is 15.2 Å². The van der Waals surface area contributed by atoms with E-state index in [1.54, 1.807) is 11.3 Å². The molecule has 0 fully saturated rings. The molecule has 0 aliphatic carbocycles. The minimum absolute atomic E-state index is 0.306. The molecule has 1 aromatic rings. The van der Waals surface area contributed by atoms with Crippen molar-refractivity contribution in [2.24, 2.45) is 11.8 Å². The number of rotatable bonds is 11. The van der Waals surface area contributed by atoms with Gasteiger partial charge in [0.2, 0.25) is 0 Å². The summed E-state index contributed by atoms with van der Waals surface area (Å²) >= 11 is 1.76. The lowest BCUT2D eigenvalue weighted by atomic mass is 10.0. The number of aliphatic hydroxyl groups is 1. The van der Waals surface area contributed by atoms with E-state index in [2.05, 4.69) is 50.5 Å². The second-order valence-corrected chi connectivity index (χ2v) is 7.39. The number of nitrogens with one attached hydrogen (secondary N) is 1.